The third kappa shape index (κ3) is 6.24. The molecular weight excluding hydrogens is 526 g/mol. The number of hydrogen-bond donors (Lipinski definition) is 11. The van der Waals surface area contributed by atoms with Crippen molar-refractivity contribution >= 4 is 11.9 Å². The lowest BCUT2D eigenvalue weighted by Gasteiger charge is -2.48. The monoisotopic (exact) mass is 559 g/mol. The topological polar surface area (TPSA) is 295 Å². The van der Waals surface area contributed by atoms with Gasteiger partial charge in [0.05, 0.1) is 13.2 Å². The van der Waals surface area contributed by atoms with Crippen LogP contribution in [-0.2, 0) is 33.3 Å². The molecule has 0 aliphatic carbocycles. The number of ether oxygens (including phenoxy) is 5. The van der Waals surface area contributed by atoms with Gasteiger partial charge in [-0.05, 0) is 0 Å². The van der Waals surface area contributed by atoms with Crippen molar-refractivity contribution in [3.8, 4) is 0 Å². The van der Waals surface area contributed by atoms with Gasteiger partial charge in [-0.15, -0.1) is 0 Å². The van der Waals surface area contributed by atoms with Gasteiger partial charge in [0.2, 0.25) is 5.91 Å². The summed E-state index contributed by atoms with van der Waals surface area (Å²) in [6.45, 7) is -0.618. The second kappa shape index (κ2) is 12.7. The molecule has 1 amide bonds. The standard InChI is InChI=1S/C20H33NO17/c1-4(24)21-7-9(26)14(37-20-13(30)10(27)8(25)5(2-22)34-20)6(3-23)35-19(7)38-15-11(28)12(29)18(33)36-16(15)17(31)32/h5-16,18-20,22-23,25-30,33H,2-3H2,1H3,(H,21,24)(H,31,32)/t5-,6-,7-,8-,9-,10+,11-,12-,13-,14-,15+,16+,18?,19+,20+/m1/s1. The van der Waals surface area contributed by atoms with Crippen molar-refractivity contribution in [2.24, 2.45) is 0 Å². The van der Waals surface area contributed by atoms with Crippen molar-refractivity contribution in [1.82, 2.24) is 5.32 Å². The van der Waals surface area contributed by atoms with E-state index in [4.69, 9.17) is 23.7 Å². The minimum atomic E-state index is -2.07. The highest BCUT2D eigenvalue weighted by Gasteiger charge is 2.54. The average molecular weight is 559 g/mol. The molecule has 0 radical (unpaired) electrons. The van der Waals surface area contributed by atoms with Crippen LogP contribution in [0.4, 0.5) is 0 Å². The summed E-state index contributed by atoms with van der Waals surface area (Å²) in [5.74, 6) is -2.44. The van der Waals surface area contributed by atoms with E-state index in [0.29, 0.717) is 0 Å². The van der Waals surface area contributed by atoms with E-state index in [1.165, 1.54) is 0 Å². The predicted octanol–water partition coefficient (Wildman–Crippen LogP) is -7.34. The number of amides is 1. The first kappa shape index (κ1) is 30.9. The number of carboxylic acid groups (broad SMARTS) is 1. The average Bonchev–Trinajstić information content (AvgIpc) is 2.87. The summed E-state index contributed by atoms with van der Waals surface area (Å²) in [4.78, 5) is 23.5. The molecule has 11 N–H and O–H groups in total. The van der Waals surface area contributed by atoms with Crippen molar-refractivity contribution in [3.63, 3.8) is 0 Å². The molecule has 3 aliphatic rings. The molecule has 0 aromatic rings. The molecule has 38 heavy (non-hydrogen) atoms. The first-order chi connectivity index (χ1) is 17.8. The molecule has 0 aromatic heterocycles. The molecule has 3 saturated heterocycles. The Morgan fingerprint density at radius 1 is 0.711 bits per heavy atom. The van der Waals surface area contributed by atoms with E-state index >= 15 is 0 Å². The Balaban J connectivity index is 1.85. The van der Waals surface area contributed by atoms with Gasteiger partial charge in [0.1, 0.15) is 67.1 Å². The van der Waals surface area contributed by atoms with Crippen molar-refractivity contribution in [1.29, 1.82) is 0 Å². The van der Waals surface area contributed by atoms with Gasteiger partial charge >= 0.3 is 5.97 Å². The number of carbonyl (C=O) groups excluding carboxylic acids is 1. The van der Waals surface area contributed by atoms with Crippen molar-refractivity contribution in [3.05, 3.63) is 0 Å². The molecule has 0 saturated carbocycles. The fourth-order valence-electron chi connectivity index (χ4n) is 4.43. The molecular formula is C20H33NO17. The van der Waals surface area contributed by atoms with E-state index < -0.39 is 117 Å². The summed E-state index contributed by atoms with van der Waals surface area (Å²) in [6.07, 6.45) is -25.4. The van der Waals surface area contributed by atoms with Gasteiger partial charge < -0.3 is 80.1 Å². The number of aliphatic carboxylic acids is 1. The quantitative estimate of drug-likeness (QED) is 0.132. The lowest BCUT2D eigenvalue weighted by atomic mass is 9.94. The minimum absolute atomic E-state index is 0.744. The molecule has 3 aliphatic heterocycles. The maximum absolute atomic E-state index is 11.9. The van der Waals surface area contributed by atoms with E-state index in [0.717, 1.165) is 6.92 Å². The van der Waals surface area contributed by atoms with Crippen molar-refractivity contribution < 1.29 is 84.3 Å². The highest BCUT2D eigenvalue weighted by atomic mass is 16.7. The second-order valence-electron chi connectivity index (χ2n) is 9.11. The molecule has 3 fully saturated rings. The second-order valence-corrected chi connectivity index (χ2v) is 9.11. The summed E-state index contributed by atoms with van der Waals surface area (Å²) in [5, 5.41) is 102. The zero-order valence-corrected chi connectivity index (χ0v) is 19.9. The van der Waals surface area contributed by atoms with E-state index in [1.54, 1.807) is 0 Å². The van der Waals surface area contributed by atoms with Crippen LogP contribution in [0.2, 0.25) is 0 Å². The van der Waals surface area contributed by atoms with Crippen LogP contribution in [0.5, 0.6) is 0 Å². The van der Waals surface area contributed by atoms with Crippen molar-refractivity contribution in [2.75, 3.05) is 13.2 Å². The SMILES string of the molecule is CC(=O)N[C@H]1[C@H](O[C@H]2[C@H](O)[C@@H](O)C(O)O[C@@H]2C(=O)O)O[C@H](CO)[C@@H](O[C@@H]2O[C@H](CO)[C@@H](O)[C@H](O)[C@H]2O)[C@@H]1O. The number of hydrogen-bond acceptors (Lipinski definition) is 16. The van der Waals surface area contributed by atoms with Crippen molar-refractivity contribution in [2.45, 2.75) is 99.0 Å². The molecule has 18 heteroatoms. The van der Waals surface area contributed by atoms with E-state index in [9.17, 15) is 60.7 Å². The molecule has 0 bridgehead atoms. The fraction of sp³-hybridized carbons (Fsp3) is 0.900. The molecule has 0 spiro atoms. The zero-order chi connectivity index (χ0) is 28.5. The number of carbonyl (C=O) groups is 2. The van der Waals surface area contributed by atoms with Crippen LogP contribution in [0.3, 0.4) is 0 Å². The first-order valence-electron chi connectivity index (χ1n) is 11.6. The highest BCUT2D eigenvalue weighted by molar-refractivity contribution is 5.74. The lowest BCUT2D eigenvalue weighted by Crippen LogP contribution is -2.69. The molecule has 3 heterocycles. The minimum Gasteiger partial charge on any atom is -0.479 e. The predicted molar refractivity (Wildman–Crippen MR) is 113 cm³/mol. The highest BCUT2D eigenvalue weighted by Crippen LogP contribution is 2.32. The van der Waals surface area contributed by atoms with Crippen LogP contribution in [0.15, 0.2) is 0 Å². The normalized spacial score (nSPS) is 47.9. The van der Waals surface area contributed by atoms with Gasteiger partial charge in [-0.25, -0.2) is 4.79 Å². The van der Waals surface area contributed by atoms with Crippen LogP contribution in [0.1, 0.15) is 6.92 Å². The fourth-order valence-corrected chi connectivity index (χ4v) is 4.43. The number of aliphatic hydroxyl groups excluding tert-OH is 9. The summed E-state index contributed by atoms with van der Waals surface area (Å²) in [5.41, 5.74) is 0. The van der Waals surface area contributed by atoms with Crippen LogP contribution >= 0.6 is 0 Å². The van der Waals surface area contributed by atoms with Crippen LogP contribution in [0, 0.1) is 0 Å². The molecule has 1 unspecified atom stereocenters. The Morgan fingerprint density at radius 3 is 1.84 bits per heavy atom. The third-order valence-electron chi connectivity index (χ3n) is 6.46. The van der Waals surface area contributed by atoms with Gasteiger partial charge in [0, 0.05) is 6.92 Å². The van der Waals surface area contributed by atoms with Crippen LogP contribution in [-0.4, -0.2) is 168 Å². The van der Waals surface area contributed by atoms with E-state index in [-0.39, 0.29) is 0 Å². The third-order valence-corrected chi connectivity index (χ3v) is 6.46. The summed E-state index contributed by atoms with van der Waals surface area (Å²) < 4.78 is 26.6. The van der Waals surface area contributed by atoms with Gasteiger partial charge in [-0.3, -0.25) is 4.79 Å². The van der Waals surface area contributed by atoms with Gasteiger partial charge in [0.25, 0.3) is 0 Å². The Bertz CT molecular complexity index is 816. The zero-order valence-electron chi connectivity index (χ0n) is 19.9. The summed E-state index contributed by atoms with van der Waals surface area (Å²) in [6, 6.07) is -1.59. The molecule has 15 atom stereocenters. The van der Waals surface area contributed by atoms with E-state index in [2.05, 4.69) is 5.32 Å². The van der Waals surface area contributed by atoms with Crippen LogP contribution < -0.4 is 5.32 Å². The maximum Gasteiger partial charge on any atom is 0.335 e. The smallest absolute Gasteiger partial charge is 0.335 e. The molecule has 220 valence electrons. The Morgan fingerprint density at radius 2 is 1.29 bits per heavy atom. The maximum atomic E-state index is 11.9. The lowest BCUT2D eigenvalue weighted by molar-refractivity contribution is -0.362. The van der Waals surface area contributed by atoms with Gasteiger partial charge in [0.15, 0.2) is 25.0 Å². The summed E-state index contributed by atoms with van der Waals surface area (Å²) >= 11 is 0. The molecule has 18 nitrogen and oxygen atoms in total. The van der Waals surface area contributed by atoms with Crippen LogP contribution in [0.25, 0.3) is 0 Å². The first-order valence-corrected chi connectivity index (χ1v) is 11.6. The Labute approximate surface area is 214 Å². The molecule has 3 rings (SSSR count). The largest absolute Gasteiger partial charge is 0.479 e. The number of aliphatic hydroxyl groups is 9. The Kier molecular flexibility index (Phi) is 10.3. The number of carboxylic acids is 1. The number of rotatable bonds is 8. The van der Waals surface area contributed by atoms with Gasteiger partial charge in [-0.2, -0.15) is 0 Å². The van der Waals surface area contributed by atoms with Gasteiger partial charge in [-0.1, -0.05) is 0 Å². The summed E-state index contributed by atoms with van der Waals surface area (Å²) in [7, 11) is 0. The Hall–Kier alpha value is -1.62. The molecule has 0 aromatic carbocycles. The van der Waals surface area contributed by atoms with E-state index in [1.807, 2.05) is 0 Å². The number of nitrogens with one attached hydrogen (secondary N) is 1.